The van der Waals surface area contributed by atoms with E-state index in [2.05, 4.69) is 15.6 Å². The van der Waals surface area contributed by atoms with Crippen LogP contribution >= 0.6 is 11.3 Å². The molecule has 0 radical (unpaired) electrons. The summed E-state index contributed by atoms with van der Waals surface area (Å²) in [6.45, 7) is 4.11. The van der Waals surface area contributed by atoms with Gasteiger partial charge in [0, 0.05) is 11.1 Å². The summed E-state index contributed by atoms with van der Waals surface area (Å²) < 4.78 is 0. The van der Waals surface area contributed by atoms with E-state index in [0.29, 0.717) is 19.4 Å². The summed E-state index contributed by atoms with van der Waals surface area (Å²) in [4.78, 5) is 27.4. The summed E-state index contributed by atoms with van der Waals surface area (Å²) in [7, 11) is 0. The maximum Gasteiger partial charge on any atom is 0.326 e. The Kier molecular flexibility index (Phi) is 5.57. The molecule has 0 saturated carbocycles. The first-order valence-electron chi connectivity index (χ1n) is 5.71. The average molecular weight is 271 g/mol. The molecule has 18 heavy (non-hydrogen) atoms. The summed E-state index contributed by atoms with van der Waals surface area (Å²) in [5, 5.41) is 14.9. The van der Waals surface area contributed by atoms with E-state index in [0.717, 1.165) is 9.88 Å². The average Bonchev–Trinajstić information content (AvgIpc) is 2.72. The Bertz CT molecular complexity index is 419. The number of aromatic nitrogens is 1. The third-order valence-electron chi connectivity index (χ3n) is 2.27. The minimum Gasteiger partial charge on any atom is -0.480 e. The number of carboxylic acid groups (broad SMARTS) is 1. The molecule has 2 amide bonds. The molecule has 0 spiro atoms. The standard InChI is InChI=1S/C11H17N3O3S/c1-3-4-9(10(15)16)14-11(17)13-6-8-5-12-7(2)18-8/h5,9H,3-4,6H2,1-2H3,(H,15,16)(H2,13,14,17)/t9-/m1/s1. The van der Waals surface area contributed by atoms with Gasteiger partial charge in [0.15, 0.2) is 0 Å². The van der Waals surface area contributed by atoms with Crippen LogP contribution in [0.3, 0.4) is 0 Å². The van der Waals surface area contributed by atoms with Crippen LogP contribution in [0.5, 0.6) is 0 Å². The predicted molar refractivity (Wildman–Crippen MR) is 68.6 cm³/mol. The van der Waals surface area contributed by atoms with Crippen LogP contribution in [0.4, 0.5) is 4.79 Å². The summed E-state index contributed by atoms with van der Waals surface area (Å²) in [6, 6.07) is -1.31. The van der Waals surface area contributed by atoms with E-state index in [1.54, 1.807) is 6.20 Å². The molecule has 0 saturated heterocycles. The first-order valence-corrected chi connectivity index (χ1v) is 6.53. The van der Waals surface area contributed by atoms with Crippen molar-refractivity contribution in [1.82, 2.24) is 15.6 Å². The SMILES string of the molecule is CCC[C@@H](NC(=O)NCc1cnc(C)s1)C(=O)O. The Hall–Kier alpha value is -1.63. The van der Waals surface area contributed by atoms with Crippen LogP contribution in [0.1, 0.15) is 29.7 Å². The van der Waals surface area contributed by atoms with Crippen LogP contribution in [0.25, 0.3) is 0 Å². The quantitative estimate of drug-likeness (QED) is 0.731. The number of hydrogen-bond donors (Lipinski definition) is 3. The van der Waals surface area contributed by atoms with E-state index in [-0.39, 0.29) is 0 Å². The summed E-state index contributed by atoms with van der Waals surface area (Å²) in [5.74, 6) is -1.01. The van der Waals surface area contributed by atoms with Gasteiger partial charge in [0.25, 0.3) is 0 Å². The number of hydrogen-bond acceptors (Lipinski definition) is 4. The summed E-state index contributed by atoms with van der Waals surface area (Å²) >= 11 is 1.50. The lowest BCUT2D eigenvalue weighted by atomic mass is 10.2. The number of amides is 2. The van der Waals surface area contributed by atoms with Gasteiger partial charge in [-0.3, -0.25) is 0 Å². The van der Waals surface area contributed by atoms with Crippen molar-refractivity contribution in [3.8, 4) is 0 Å². The van der Waals surface area contributed by atoms with Crippen molar-refractivity contribution in [3.63, 3.8) is 0 Å². The van der Waals surface area contributed by atoms with Gasteiger partial charge in [-0.25, -0.2) is 14.6 Å². The Labute approximate surface area is 109 Å². The van der Waals surface area contributed by atoms with Crippen molar-refractivity contribution in [2.75, 3.05) is 0 Å². The Balaban J connectivity index is 2.38. The van der Waals surface area contributed by atoms with Gasteiger partial charge in [-0.2, -0.15) is 0 Å². The Morgan fingerprint density at radius 3 is 2.78 bits per heavy atom. The Morgan fingerprint density at radius 2 is 2.28 bits per heavy atom. The topological polar surface area (TPSA) is 91.3 Å². The van der Waals surface area contributed by atoms with Gasteiger partial charge in [0.1, 0.15) is 6.04 Å². The molecule has 1 rings (SSSR count). The molecule has 1 aromatic rings. The van der Waals surface area contributed by atoms with Crippen LogP contribution in [-0.2, 0) is 11.3 Å². The fraction of sp³-hybridized carbons (Fsp3) is 0.545. The molecule has 0 bridgehead atoms. The number of carbonyl (C=O) groups is 2. The third-order valence-corrected chi connectivity index (χ3v) is 3.19. The van der Waals surface area contributed by atoms with E-state index in [1.165, 1.54) is 11.3 Å². The van der Waals surface area contributed by atoms with E-state index < -0.39 is 18.0 Å². The number of aliphatic carboxylic acids is 1. The molecule has 0 fully saturated rings. The second-order valence-corrected chi connectivity index (χ2v) is 5.17. The van der Waals surface area contributed by atoms with Crippen LogP contribution in [-0.4, -0.2) is 28.1 Å². The van der Waals surface area contributed by atoms with Gasteiger partial charge in [-0.05, 0) is 13.3 Å². The maximum absolute atomic E-state index is 11.5. The lowest BCUT2D eigenvalue weighted by molar-refractivity contribution is -0.139. The molecule has 7 heteroatoms. The van der Waals surface area contributed by atoms with Crippen molar-refractivity contribution in [2.24, 2.45) is 0 Å². The van der Waals surface area contributed by atoms with E-state index in [1.807, 2.05) is 13.8 Å². The minimum absolute atomic E-state index is 0.357. The monoisotopic (exact) mass is 271 g/mol. The fourth-order valence-corrected chi connectivity index (χ4v) is 2.14. The molecule has 1 heterocycles. The van der Waals surface area contributed by atoms with Crippen LogP contribution in [0.2, 0.25) is 0 Å². The molecule has 1 atom stereocenters. The van der Waals surface area contributed by atoms with Gasteiger partial charge in [0.05, 0.1) is 11.6 Å². The van der Waals surface area contributed by atoms with E-state index in [4.69, 9.17) is 5.11 Å². The summed E-state index contributed by atoms with van der Waals surface area (Å²) in [6.07, 6.45) is 2.81. The number of carbonyl (C=O) groups excluding carboxylic acids is 1. The molecule has 100 valence electrons. The number of nitrogens with zero attached hydrogens (tertiary/aromatic N) is 1. The molecule has 0 aliphatic rings. The molecule has 6 nitrogen and oxygen atoms in total. The van der Waals surface area contributed by atoms with Crippen LogP contribution in [0.15, 0.2) is 6.20 Å². The lowest BCUT2D eigenvalue weighted by Gasteiger charge is -2.13. The number of carboxylic acids is 1. The molecule has 3 N–H and O–H groups in total. The van der Waals surface area contributed by atoms with Gasteiger partial charge in [-0.1, -0.05) is 13.3 Å². The summed E-state index contributed by atoms with van der Waals surface area (Å²) in [5.41, 5.74) is 0. The van der Waals surface area contributed by atoms with Crippen molar-refractivity contribution in [3.05, 3.63) is 16.1 Å². The number of nitrogens with one attached hydrogen (secondary N) is 2. The van der Waals surface area contributed by atoms with E-state index >= 15 is 0 Å². The van der Waals surface area contributed by atoms with Gasteiger partial charge in [-0.15, -0.1) is 11.3 Å². The molecular weight excluding hydrogens is 254 g/mol. The predicted octanol–water partition coefficient (Wildman–Crippen LogP) is 1.50. The molecular formula is C11H17N3O3S. The highest BCUT2D eigenvalue weighted by molar-refractivity contribution is 7.11. The van der Waals surface area contributed by atoms with Crippen LogP contribution < -0.4 is 10.6 Å². The zero-order valence-corrected chi connectivity index (χ0v) is 11.2. The van der Waals surface area contributed by atoms with Crippen molar-refractivity contribution < 1.29 is 14.7 Å². The van der Waals surface area contributed by atoms with E-state index in [9.17, 15) is 9.59 Å². The maximum atomic E-state index is 11.5. The number of urea groups is 1. The first-order chi connectivity index (χ1) is 8.52. The Morgan fingerprint density at radius 1 is 1.56 bits per heavy atom. The van der Waals surface area contributed by atoms with Crippen LogP contribution in [0, 0.1) is 6.92 Å². The lowest BCUT2D eigenvalue weighted by Crippen LogP contribution is -2.45. The minimum atomic E-state index is -1.01. The third kappa shape index (κ3) is 4.70. The second kappa shape index (κ2) is 6.95. The second-order valence-electron chi connectivity index (χ2n) is 3.85. The fourth-order valence-electron chi connectivity index (χ4n) is 1.41. The largest absolute Gasteiger partial charge is 0.480 e. The van der Waals surface area contributed by atoms with Gasteiger partial charge < -0.3 is 15.7 Å². The van der Waals surface area contributed by atoms with Crippen molar-refractivity contribution >= 4 is 23.3 Å². The highest BCUT2D eigenvalue weighted by Gasteiger charge is 2.18. The number of aryl methyl sites for hydroxylation is 1. The highest BCUT2D eigenvalue weighted by atomic mass is 32.1. The molecule has 0 aliphatic carbocycles. The van der Waals surface area contributed by atoms with Crippen molar-refractivity contribution in [2.45, 2.75) is 39.3 Å². The molecule has 0 unspecified atom stereocenters. The zero-order chi connectivity index (χ0) is 13.5. The molecule has 1 aromatic heterocycles. The number of thiazole rings is 1. The van der Waals surface area contributed by atoms with Gasteiger partial charge >= 0.3 is 12.0 Å². The van der Waals surface area contributed by atoms with Gasteiger partial charge in [0.2, 0.25) is 0 Å². The smallest absolute Gasteiger partial charge is 0.326 e. The molecule has 0 aromatic carbocycles. The van der Waals surface area contributed by atoms with Crippen molar-refractivity contribution in [1.29, 1.82) is 0 Å². The number of rotatable bonds is 6. The highest BCUT2D eigenvalue weighted by Crippen LogP contribution is 2.10. The molecule has 0 aliphatic heterocycles. The zero-order valence-electron chi connectivity index (χ0n) is 10.4. The normalized spacial score (nSPS) is 11.9. The first kappa shape index (κ1) is 14.4.